The second-order valence-corrected chi connectivity index (χ2v) is 8.08. The molecule has 0 saturated carbocycles. The van der Waals surface area contributed by atoms with Crippen molar-refractivity contribution in [2.24, 2.45) is 0 Å². The summed E-state index contributed by atoms with van der Waals surface area (Å²) in [5.41, 5.74) is 4.53. The smallest absolute Gasteiger partial charge is 0.147 e. The summed E-state index contributed by atoms with van der Waals surface area (Å²) in [4.78, 5) is 18.5. The number of anilines is 1. The van der Waals surface area contributed by atoms with Crippen molar-refractivity contribution in [1.29, 1.82) is 0 Å². The topological polar surface area (TPSA) is 50.1 Å². The Bertz CT molecular complexity index is 1250. The van der Waals surface area contributed by atoms with Crippen molar-refractivity contribution in [3.8, 4) is 17.1 Å². The van der Waals surface area contributed by atoms with E-state index in [1.807, 2.05) is 16.8 Å². The van der Waals surface area contributed by atoms with Crippen molar-refractivity contribution in [2.45, 2.75) is 13.3 Å². The van der Waals surface area contributed by atoms with Crippen molar-refractivity contribution in [3.05, 3.63) is 79.1 Å². The van der Waals surface area contributed by atoms with E-state index in [0.29, 0.717) is 0 Å². The first-order chi connectivity index (χ1) is 15.6. The number of halogens is 1. The van der Waals surface area contributed by atoms with Crippen LogP contribution in [-0.2, 0) is 0 Å². The van der Waals surface area contributed by atoms with Gasteiger partial charge in [0.05, 0.1) is 17.2 Å². The zero-order chi connectivity index (χ0) is 22.1. The van der Waals surface area contributed by atoms with Gasteiger partial charge in [-0.1, -0.05) is 6.58 Å². The third-order valence-electron chi connectivity index (χ3n) is 5.91. The summed E-state index contributed by atoms with van der Waals surface area (Å²) in [5, 5.41) is 0. The molecular weight excluding hydrogens is 403 g/mol. The van der Waals surface area contributed by atoms with Gasteiger partial charge in [0.25, 0.3) is 0 Å². The predicted molar refractivity (Wildman–Crippen MR) is 125 cm³/mol. The Morgan fingerprint density at radius 1 is 0.969 bits per heavy atom. The van der Waals surface area contributed by atoms with Crippen molar-refractivity contribution in [2.75, 3.05) is 31.1 Å². The third kappa shape index (κ3) is 3.82. The first-order valence-electron chi connectivity index (χ1n) is 10.8. The van der Waals surface area contributed by atoms with Gasteiger partial charge < -0.3 is 9.80 Å². The van der Waals surface area contributed by atoms with Crippen molar-refractivity contribution in [3.63, 3.8) is 0 Å². The lowest BCUT2D eigenvalue weighted by molar-refractivity contribution is 0.371. The minimum Gasteiger partial charge on any atom is -0.374 e. The van der Waals surface area contributed by atoms with Crippen LogP contribution in [0.4, 0.5) is 10.2 Å². The van der Waals surface area contributed by atoms with E-state index in [2.05, 4.69) is 40.4 Å². The van der Waals surface area contributed by atoms with Crippen LogP contribution in [0.25, 0.3) is 28.1 Å². The van der Waals surface area contributed by atoms with E-state index in [9.17, 15) is 4.39 Å². The van der Waals surface area contributed by atoms with Gasteiger partial charge in [-0.15, -0.1) is 0 Å². The normalized spacial score (nSPS) is 14.6. The maximum absolute atomic E-state index is 13.5. The summed E-state index contributed by atoms with van der Waals surface area (Å²) in [7, 11) is 0. The summed E-state index contributed by atoms with van der Waals surface area (Å²) < 4.78 is 15.5. The average Bonchev–Trinajstić information content (AvgIpc) is 3.01. The molecule has 4 heterocycles. The number of nitrogens with zero attached hydrogens (tertiary/aromatic N) is 6. The number of aromatic nitrogens is 4. The van der Waals surface area contributed by atoms with Crippen LogP contribution in [-0.4, -0.2) is 50.6 Å². The van der Waals surface area contributed by atoms with Crippen LogP contribution in [0.5, 0.6) is 0 Å². The van der Waals surface area contributed by atoms with Gasteiger partial charge in [0.2, 0.25) is 0 Å². The van der Waals surface area contributed by atoms with Gasteiger partial charge >= 0.3 is 0 Å². The number of benzene rings is 1. The van der Waals surface area contributed by atoms with Gasteiger partial charge in [-0.05, 0) is 55.8 Å². The lowest BCUT2D eigenvalue weighted by Gasteiger charge is -2.24. The fourth-order valence-corrected chi connectivity index (χ4v) is 4.20. The molecule has 1 aromatic carbocycles. The Hall–Kier alpha value is -3.74. The largest absolute Gasteiger partial charge is 0.374 e. The highest BCUT2D eigenvalue weighted by molar-refractivity contribution is 5.82. The second kappa shape index (κ2) is 8.42. The summed E-state index contributed by atoms with van der Waals surface area (Å²) in [5.74, 6) is 1.44. The Kier molecular flexibility index (Phi) is 5.31. The van der Waals surface area contributed by atoms with E-state index < -0.39 is 0 Å². The molecule has 0 unspecified atom stereocenters. The SMILES string of the molecule is C=C(C)N1CCCN(c2ccc(-c3nc4ccncc4n3-c3ccc(F)cc3)cn2)CC1. The summed E-state index contributed by atoms with van der Waals surface area (Å²) in [6.07, 6.45) is 6.44. The van der Waals surface area contributed by atoms with E-state index in [1.165, 1.54) is 12.1 Å². The predicted octanol–water partition coefficient (Wildman–Crippen LogP) is 4.67. The Morgan fingerprint density at radius 3 is 2.56 bits per heavy atom. The van der Waals surface area contributed by atoms with Gasteiger partial charge in [0.1, 0.15) is 17.5 Å². The first-order valence-corrected chi connectivity index (χ1v) is 10.8. The third-order valence-corrected chi connectivity index (χ3v) is 5.91. The quantitative estimate of drug-likeness (QED) is 0.473. The summed E-state index contributed by atoms with van der Waals surface area (Å²) in [6, 6.07) is 12.4. The van der Waals surface area contributed by atoms with E-state index in [4.69, 9.17) is 9.97 Å². The lowest BCUT2D eigenvalue weighted by atomic mass is 10.2. The maximum atomic E-state index is 13.5. The molecule has 0 spiro atoms. The highest BCUT2D eigenvalue weighted by Crippen LogP contribution is 2.29. The number of hydrogen-bond acceptors (Lipinski definition) is 5. The molecule has 6 nitrogen and oxygen atoms in total. The monoisotopic (exact) mass is 428 g/mol. The van der Waals surface area contributed by atoms with Gasteiger partial charge in [0, 0.05) is 55.5 Å². The summed E-state index contributed by atoms with van der Waals surface area (Å²) in [6.45, 7) is 10.00. The Balaban J connectivity index is 1.49. The molecule has 1 aliphatic heterocycles. The molecule has 0 aliphatic carbocycles. The molecule has 1 aliphatic rings. The van der Waals surface area contributed by atoms with Crippen LogP contribution in [0.1, 0.15) is 13.3 Å². The van der Waals surface area contributed by atoms with Gasteiger partial charge in [-0.2, -0.15) is 0 Å². The highest BCUT2D eigenvalue weighted by Gasteiger charge is 2.18. The van der Waals surface area contributed by atoms with E-state index >= 15 is 0 Å². The van der Waals surface area contributed by atoms with Gasteiger partial charge in [-0.3, -0.25) is 9.55 Å². The molecule has 1 saturated heterocycles. The molecule has 4 aromatic rings. The van der Waals surface area contributed by atoms with Gasteiger partial charge in [-0.25, -0.2) is 14.4 Å². The van der Waals surface area contributed by atoms with E-state index in [1.54, 1.807) is 24.5 Å². The van der Waals surface area contributed by atoms with E-state index in [-0.39, 0.29) is 5.82 Å². The molecular formula is C25H25FN6. The Morgan fingerprint density at radius 2 is 1.81 bits per heavy atom. The molecule has 1 fully saturated rings. The van der Waals surface area contributed by atoms with Crippen molar-refractivity contribution < 1.29 is 4.39 Å². The van der Waals surface area contributed by atoms with Crippen LogP contribution in [0.15, 0.2) is 73.3 Å². The van der Waals surface area contributed by atoms with Crippen molar-refractivity contribution >= 4 is 16.9 Å². The molecule has 162 valence electrons. The molecule has 0 radical (unpaired) electrons. The number of hydrogen-bond donors (Lipinski definition) is 0. The second-order valence-electron chi connectivity index (χ2n) is 8.08. The molecule has 0 bridgehead atoms. The van der Waals surface area contributed by atoms with Crippen LogP contribution in [0, 0.1) is 5.82 Å². The molecule has 32 heavy (non-hydrogen) atoms. The standard InChI is InChI=1S/C25H25FN6/c1-18(2)30-12-3-13-31(15-14-30)24-9-4-19(16-28-24)25-29-22-10-11-27-17-23(22)32(25)21-7-5-20(26)6-8-21/h4-11,16-17H,1,3,12-15H2,2H3. The van der Waals surface area contributed by atoms with Crippen molar-refractivity contribution in [1.82, 2.24) is 24.4 Å². The minimum absolute atomic E-state index is 0.272. The zero-order valence-electron chi connectivity index (χ0n) is 18.1. The summed E-state index contributed by atoms with van der Waals surface area (Å²) >= 11 is 0. The number of pyridine rings is 2. The van der Waals surface area contributed by atoms with Gasteiger partial charge in [0.15, 0.2) is 0 Å². The highest BCUT2D eigenvalue weighted by atomic mass is 19.1. The zero-order valence-corrected chi connectivity index (χ0v) is 18.1. The van der Waals surface area contributed by atoms with Crippen LogP contribution >= 0.6 is 0 Å². The van der Waals surface area contributed by atoms with Crippen LogP contribution in [0.2, 0.25) is 0 Å². The number of fused-ring (bicyclic) bond motifs is 1. The molecule has 3 aromatic heterocycles. The fraction of sp³-hybridized carbons (Fsp3) is 0.240. The number of rotatable bonds is 4. The Labute approximate surface area is 186 Å². The lowest BCUT2D eigenvalue weighted by Crippen LogP contribution is -2.30. The van der Waals surface area contributed by atoms with Crippen LogP contribution < -0.4 is 4.90 Å². The fourth-order valence-electron chi connectivity index (χ4n) is 4.20. The van der Waals surface area contributed by atoms with E-state index in [0.717, 1.165) is 72.2 Å². The molecule has 7 heteroatoms. The molecule has 5 rings (SSSR count). The average molecular weight is 429 g/mol. The maximum Gasteiger partial charge on any atom is 0.147 e. The molecule has 0 N–H and O–H groups in total. The van der Waals surface area contributed by atoms with Crippen LogP contribution in [0.3, 0.4) is 0 Å². The minimum atomic E-state index is -0.272. The molecule has 0 atom stereocenters. The first kappa shape index (κ1) is 20.2. The number of allylic oxidation sites excluding steroid dienone is 1. The number of imidazole rings is 1. The molecule has 0 amide bonds.